The summed E-state index contributed by atoms with van der Waals surface area (Å²) in [5.41, 5.74) is -1.24. The Labute approximate surface area is 106 Å². The molecule has 2 heterocycles. The van der Waals surface area contributed by atoms with Gasteiger partial charge in [-0.2, -0.15) is 10.1 Å². The molecule has 9 nitrogen and oxygen atoms in total. The molecule has 98 valence electrons. The van der Waals surface area contributed by atoms with Gasteiger partial charge in [-0.1, -0.05) is 6.07 Å². The van der Waals surface area contributed by atoms with Crippen LogP contribution in [0.25, 0.3) is 5.82 Å². The fourth-order valence-corrected chi connectivity index (χ4v) is 1.41. The van der Waals surface area contributed by atoms with Crippen molar-refractivity contribution in [3.63, 3.8) is 0 Å². The van der Waals surface area contributed by atoms with E-state index in [1.807, 2.05) is 0 Å². The van der Waals surface area contributed by atoms with Crippen molar-refractivity contribution in [3.8, 4) is 11.7 Å². The number of hydrogen-bond acceptors (Lipinski definition) is 6. The third kappa shape index (κ3) is 2.34. The maximum absolute atomic E-state index is 10.9. The van der Waals surface area contributed by atoms with Gasteiger partial charge in [-0.05, 0) is 6.07 Å². The van der Waals surface area contributed by atoms with Crippen LogP contribution in [-0.2, 0) is 0 Å². The van der Waals surface area contributed by atoms with Crippen molar-refractivity contribution in [2.75, 3.05) is 7.11 Å². The van der Waals surface area contributed by atoms with Crippen LogP contribution < -0.4 is 4.74 Å². The summed E-state index contributed by atoms with van der Waals surface area (Å²) in [6, 6.07) is 4.71. The summed E-state index contributed by atoms with van der Waals surface area (Å²) >= 11 is 0. The van der Waals surface area contributed by atoms with Crippen molar-refractivity contribution in [1.82, 2.24) is 14.8 Å². The van der Waals surface area contributed by atoms with Crippen LogP contribution in [0.4, 0.5) is 5.69 Å². The number of nitrogens with zero attached hydrogens (tertiary/aromatic N) is 4. The number of carboxylic acid groups (broad SMARTS) is 1. The van der Waals surface area contributed by atoms with E-state index in [1.54, 1.807) is 12.1 Å². The lowest BCUT2D eigenvalue weighted by Gasteiger charge is -2.01. The van der Waals surface area contributed by atoms with Crippen LogP contribution in [0.1, 0.15) is 10.5 Å². The molecule has 19 heavy (non-hydrogen) atoms. The molecule has 1 N–H and O–H groups in total. The van der Waals surface area contributed by atoms with E-state index in [4.69, 9.17) is 9.84 Å². The largest absolute Gasteiger partial charge is 0.481 e. The average molecular weight is 264 g/mol. The second-order valence-electron chi connectivity index (χ2n) is 3.41. The Hall–Kier alpha value is -2.97. The summed E-state index contributed by atoms with van der Waals surface area (Å²) in [4.78, 5) is 24.8. The predicted octanol–water partition coefficient (Wildman–Crippen LogP) is 0.882. The minimum atomic E-state index is -1.48. The third-order valence-electron chi connectivity index (χ3n) is 2.25. The number of carboxylic acids is 1. The molecule has 0 amide bonds. The minimum Gasteiger partial charge on any atom is -0.481 e. The van der Waals surface area contributed by atoms with Crippen LogP contribution in [0.3, 0.4) is 0 Å². The Morgan fingerprint density at radius 3 is 2.79 bits per heavy atom. The minimum absolute atomic E-state index is 0.218. The summed E-state index contributed by atoms with van der Waals surface area (Å²) in [6.07, 6.45) is 0.991. The normalized spacial score (nSPS) is 10.2. The lowest BCUT2D eigenvalue weighted by Crippen LogP contribution is -2.04. The zero-order chi connectivity index (χ0) is 14.0. The number of carbonyl (C=O) groups is 1. The highest BCUT2D eigenvalue weighted by Crippen LogP contribution is 2.19. The van der Waals surface area contributed by atoms with Gasteiger partial charge in [-0.25, -0.2) is 9.48 Å². The van der Waals surface area contributed by atoms with E-state index >= 15 is 0 Å². The summed E-state index contributed by atoms with van der Waals surface area (Å²) in [5, 5.41) is 23.2. The summed E-state index contributed by atoms with van der Waals surface area (Å²) in [6.45, 7) is 0. The molecule has 2 aromatic heterocycles. The monoisotopic (exact) mass is 264 g/mol. The van der Waals surface area contributed by atoms with E-state index in [0.29, 0.717) is 0 Å². The number of pyridine rings is 1. The first-order valence-electron chi connectivity index (χ1n) is 5.01. The molecule has 2 rings (SSSR count). The lowest BCUT2D eigenvalue weighted by atomic mass is 10.4. The first kappa shape index (κ1) is 12.5. The second-order valence-corrected chi connectivity index (χ2v) is 3.41. The predicted molar refractivity (Wildman–Crippen MR) is 61.5 cm³/mol. The summed E-state index contributed by atoms with van der Waals surface area (Å²) < 4.78 is 5.92. The van der Waals surface area contributed by atoms with Gasteiger partial charge >= 0.3 is 11.7 Å². The Morgan fingerprint density at radius 2 is 2.26 bits per heavy atom. The third-order valence-corrected chi connectivity index (χ3v) is 2.25. The maximum atomic E-state index is 10.9. The van der Waals surface area contributed by atoms with Gasteiger partial charge < -0.3 is 9.84 Å². The Bertz CT molecular complexity index is 620. The molecule has 0 aliphatic heterocycles. The Morgan fingerprint density at radius 1 is 1.53 bits per heavy atom. The molecule has 0 unspecified atom stereocenters. The highest BCUT2D eigenvalue weighted by molar-refractivity contribution is 5.89. The second kappa shape index (κ2) is 4.72. The number of ether oxygens (including phenoxy) is 1. The molecule has 0 saturated carbocycles. The van der Waals surface area contributed by atoms with E-state index in [1.165, 1.54) is 13.2 Å². The molecule has 0 spiro atoms. The molecule has 0 aliphatic carbocycles. The van der Waals surface area contributed by atoms with Gasteiger partial charge in [0.2, 0.25) is 11.6 Å². The van der Waals surface area contributed by atoms with Crippen molar-refractivity contribution in [2.45, 2.75) is 0 Å². The van der Waals surface area contributed by atoms with Crippen molar-refractivity contribution < 1.29 is 19.6 Å². The van der Waals surface area contributed by atoms with E-state index in [0.717, 1.165) is 10.9 Å². The van der Waals surface area contributed by atoms with Gasteiger partial charge in [-0.3, -0.25) is 10.1 Å². The Kier molecular flexibility index (Phi) is 3.10. The van der Waals surface area contributed by atoms with Gasteiger partial charge in [0.15, 0.2) is 5.82 Å². The number of aromatic carboxylic acids is 1. The van der Waals surface area contributed by atoms with Crippen molar-refractivity contribution >= 4 is 11.7 Å². The van der Waals surface area contributed by atoms with E-state index < -0.39 is 22.3 Å². The number of nitro groups is 1. The molecule has 0 atom stereocenters. The van der Waals surface area contributed by atoms with E-state index in [2.05, 4.69) is 10.1 Å². The lowest BCUT2D eigenvalue weighted by molar-refractivity contribution is -0.385. The molecule has 0 radical (unpaired) electrons. The van der Waals surface area contributed by atoms with Crippen LogP contribution in [0.5, 0.6) is 5.88 Å². The maximum Gasteiger partial charge on any atom is 0.363 e. The smallest absolute Gasteiger partial charge is 0.363 e. The molecular weight excluding hydrogens is 256 g/mol. The fraction of sp³-hybridized carbons (Fsp3) is 0.100. The topological polar surface area (TPSA) is 120 Å². The van der Waals surface area contributed by atoms with Gasteiger partial charge in [0.05, 0.1) is 12.0 Å². The van der Waals surface area contributed by atoms with Gasteiger partial charge in [0, 0.05) is 6.07 Å². The van der Waals surface area contributed by atoms with E-state index in [9.17, 15) is 14.9 Å². The Balaban J connectivity index is 2.53. The molecule has 0 saturated heterocycles. The number of hydrogen-bond donors (Lipinski definition) is 1. The SMILES string of the molecule is COc1cccc(-n2cc([N+](=O)[O-])c(C(=O)O)n2)n1. The van der Waals surface area contributed by atoms with Crippen LogP contribution in [0.2, 0.25) is 0 Å². The van der Waals surface area contributed by atoms with Crippen LogP contribution in [0.15, 0.2) is 24.4 Å². The number of methoxy groups -OCH3 is 1. The van der Waals surface area contributed by atoms with Crippen LogP contribution in [-0.4, -0.2) is 37.9 Å². The van der Waals surface area contributed by atoms with E-state index in [-0.39, 0.29) is 11.7 Å². The van der Waals surface area contributed by atoms with Gasteiger partial charge in [-0.15, -0.1) is 0 Å². The molecular formula is C10H8N4O5. The molecule has 0 aliphatic rings. The molecule has 0 bridgehead atoms. The molecule has 2 aromatic rings. The number of aromatic nitrogens is 3. The molecule has 9 heteroatoms. The molecule has 0 fully saturated rings. The fourth-order valence-electron chi connectivity index (χ4n) is 1.41. The van der Waals surface area contributed by atoms with Crippen LogP contribution >= 0.6 is 0 Å². The summed E-state index contributed by atoms with van der Waals surface area (Å²) in [5.74, 6) is -0.976. The quantitative estimate of drug-likeness (QED) is 0.642. The zero-order valence-electron chi connectivity index (χ0n) is 9.68. The number of rotatable bonds is 4. The van der Waals surface area contributed by atoms with Gasteiger partial charge in [0.1, 0.15) is 6.20 Å². The zero-order valence-corrected chi connectivity index (χ0v) is 9.68. The van der Waals surface area contributed by atoms with Crippen molar-refractivity contribution in [1.29, 1.82) is 0 Å². The highest BCUT2D eigenvalue weighted by Gasteiger charge is 2.25. The average Bonchev–Trinajstić information content (AvgIpc) is 2.84. The molecule has 0 aromatic carbocycles. The van der Waals surface area contributed by atoms with Crippen molar-refractivity contribution in [3.05, 3.63) is 40.2 Å². The van der Waals surface area contributed by atoms with Gasteiger partial charge in [0.25, 0.3) is 0 Å². The summed E-state index contributed by atoms with van der Waals surface area (Å²) in [7, 11) is 1.42. The highest BCUT2D eigenvalue weighted by atomic mass is 16.6. The standard InChI is InChI=1S/C10H8N4O5/c1-19-8-4-2-3-7(11-8)13-5-6(14(17)18)9(12-13)10(15)16/h2-5H,1H3,(H,15,16). The van der Waals surface area contributed by atoms with Crippen molar-refractivity contribution in [2.24, 2.45) is 0 Å². The first-order valence-corrected chi connectivity index (χ1v) is 5.01. The van der Waals surface area contributed by atoms with Crippen LogP contribution in [0, 0.1) is 10.1 Å². The first-order chi connectivity index (χ1) is 9.02.